The van der Waals surface area contributed by atoms with Crippen LogP contribution >= 0.6 is 0 Å². The molecule has 0 saturated carbocycles. The number of H-pyrrole nitrogens is 1. The highest BCUT2D eigenvalue weighted by atomic mass is 16.1. The second-order valence-corrected chi connectivity index (χ2v) is 5.54. The summed E-state index contributed by atoms with van der Waals surface area (Å²) in [6.45, 7) is 4.67. The number of nitrogens with one attached hydrogen (secondary N) is 2. The standard InChI is InChI=1S/C15H18N6O/c1-10(2)14(8-21-18-5-6-19-21)20-15(22)11-3-4-12-13(7-11)17-9-16-12/h3-7,9-10,14H,8H2,1-2H3,(H,16,17)(H,20,22). The lowest BCUT2D eigenvalue weighted by molar-refractivity contribution is 0.0918. The van der Waals surface area contributed by atoms with Crippen molar-refractivity contribution in [2.24, 2.45) is 5.92 Å². The van der Waals surface area contributed by atoms with Crippen molar-refractivity contribution in [2.75, 3.05) is 0 Å². The minimum atomic E-state index is -0.109. The summed E-state index contributed by atoms with van der Waals surface area (Å²) in [5.41, 5.74) is 2.30. The lowest BCUT2D eigenvalue weighted by Gasteiger charge is -2.21. The van der Waals surface area contributed by atoms with Crippen molar-refractivity contribution in [3.05, 3.63) is 42.5 Å². The molecule has 2 aromatic heterocycles. The lowest BCUT2D eigenvalue weighted by Crippen LogP contribution is -2.42. The third-order valence-electron chi connectivity index (χ3n) is 3.63. The van der Waals surface area contributed by atoms with E-state index in [0.29, 0.717) is 12.1 Å². The Labute approximate surface area is 127 Å². The number of aromatic amines is 1. The molecule has 1 amide bonds. The van der Waals surface area contributed by atoms with Gasteiger partial charge in [0, 0.05) is 5.56 Å². The highest BCUT2D eigenvalue weighted by molar-refractivity contribution is 5.97. The summed E-state index contributed by atoms with van der Waals surface area (Å²) >= 11 is 0. The molecule has 1 aromatic carbocycles. The summed E-state index contributed by atoms with van der Waals surface area (Å²) in [5, 5.41) is 11.2. The van der Waals surface area contributed by atoms with Gasteiger partial charge in [-0.1, -0.05) is 13.8 Å². The van der Waals surface area contributed by atoms with E-state index < -0.39 is 0 Å². The molecular formula is C15H18N6O. The highest BCUT2D eigenvalue weighted by Crippen LogP contribution is 2.12. The van der Waals surface area contributed by atoms with Crippen LogP contribution in [0.15, 0.2) is 36.9 Å². The van der Waals surface area contributed by atoms with E-state index in [0.717, 1.165) is 11.0 Å². The molecule has 1 unspecified atom stereocenters. The van der Waals surface area contributed by atoms with Gasteiger partial charge in [-0.2, -0.15) is 15.0 Å². The average Bonchev–Trinajstić information content (AvgIpc) is 3.16. The molecule has 0 spiro atoms. The van der Waals surface area contributed by atoms with Gasteiger partial charge < -0.3 is 10.3 Å². The van der Waals surface area contributed by atoms with Crippen LogP contribution in [0.25, 0.3) is 11.0 Å². The van der Waals surface area contributed by atoms with E-state index in [9.17, 15) is 4.79 Å². The van der Waals surface area contributed by atoms with E-state index in [2.05, 4.69) is 39.3 Å². The number of nitrogens with zero attached hydrogens (tertiary/aromatic N) is 4. The molecule has 3 rings (SSSR count). The van der Waals surface area contributed by atoms with Crippen LogP contribution in [0.3, 0.4) is 0 Å². The van der Waals surface area contributed by atoms with Crippen molar-refractivity contribution in [1.29, 1.82) is 0 Å². The van der Waals surface area contributed by atoms with Gasteiger partial charge in [0.2, 0.25) is 0 Å². The number of rotatable bonds is 5. The van der Waals surface area contributed by atoms with E-state index in [1.165, 1.54) is 0 Å². The number of hydrogen-bond acceptors (Lipinski definition) is 4. The molecule has 114 valence electrons. The van der Waals surface area contributed by atoms with Gasteiger partial charge in [-0.05, 0) is 24.1 Å². The van der Waals surface area contributed by atoms with Gasteiger partial charge in [0.1, 0.15) is 0 Å². The number of imidazole rings is 1. The van der Waals surface area contributed by atoms with Crippen molar-refractivity contribution in [1.82, 2.24) is 30.3 Å². The monoisotopic (exact) mass is 298 g/mol. The Morgan fingerprint density at radius 2 is 2.09 bits per heavy atom. The first kappa shape index (κ1) is 14.2. The van der Waals surface area contributed by atoms with Crippen molar-refractivity contribution in [3.8, 4) is 0 Å². The number of aromatic nitrogens is 5. The predicted molar refractivity (Wildman–Crippen MR) is 82.2 cm³/mol. The van der Waals surface area contributed by atoms with Gasteiger partial charge in [0.15, 0.2) is 0 Å². The zero-order valence-corrected chi connectivity index (χ0v) is 12.5. The maximum absolute atomic E-state index is 12.5. The zero-order chi connectivity index (χ0) is 15.5. The number of carbonyl (C=O) groups is 1. The summed E-state index contributed by atoms with van der Waals surface area (Å²) in [4.78, 5) is 21.2. The molecule has 0 saturated heterocycles. The van der Waals surface area contributed by atoms with Crippen LogP contribution in [-0.4, -0.2) is 36.9 Å². The Balaban J connectivity index is 1.75. The smallest absolute Gasteiger partial charge is 0.251 e. The minimum absolute atomic E-state index is 0.0441. The van der Waals surface area contributed by atoms with Crippen molar-refractivity contribution in [2.45, 2.75) is 26.4 Å². The number of fused-ring (bicyclic) bond motifs is 1. The van der Waals surface area contributed by atoms with Crippen LogP contribution in [0.4, 0.5) is 0 Å². The highest BCUT2D eigenvalue weighted by Gasteiger charge is 2.18. The predicted octanol–water partition coefficient (Wildman–Crippen LogP) is 1.61. The maximum atomic E-state index is 12.5. The molecule has 2 N–H and O–H groups in total. The van der Waals surface area contributed by atoms with Crippen molar-refractivity contribution >= 4 is 16.9 Å². The molecule has 3 aromatic rings. The molecule has 22 heavy (non-hydrogen) atoms. The number of amides is 1. The van der Waals surface area contributed by atoms with Crippen LogP contribution in [0, 0.1) is 5.92 Å². The second-order valence-electron chi connectivity index (χ2n) is 5.54. The number of hydrogen-bond donors (Lipinski definition) is 2. The molecule has 0 aliphatic heterocycles. The Kier molecular flexibility index (Phi) is 3.86. The topological polar surface area (TPSA) is 88.5 Å². The fourth-order valence-electron chi connectivity index (χ4n) is 2.27. The minimum Gasteiger partial charge on any atom is -0.347 e. The third-order valence-corrected chi connectivity index (χ3v) is 3.63. The van der Waals surface area contributed by atoms with E-state index in [1.54, 1.807) is 35.7 Å². The summed E-state index contributed by atoms with van der Waals surface area (Å²) < 4.78 is 0. The molecule has 7 nitrogen and oxygen atoms in total. The SMILES string of the molecule is CC(C)C(Cn1nccn1)NC(=O)c1ccc2nc[nH]c2c1. The Morgan fingerprint density at radius 1 is 1.32 bits per heavy atom. The molecular weight excluding hydrogens is 280 g/mol. The van der Waals surface area contributed by atoms with Crippen LogP contribution in [-0.2, 0) is 6.54 Å². The molecule has 1 atom stereocenters. The first-order valence-electron chi connectivity index (χ1n) is 7.21. The molecule has 0 radical (unpaired) electrons. The summed E-state index contributed by atoms with van der Waals surface area (Å²) in [5.74, 6) is 0.160. The average molecular weight is 298 g/mol. The molecule has 0 aliphatic carbocycles. The quantitative estimate of drug-likeness (QED) is 0.749. The molecule has 0 aliphatic rings. The Hall–Kier alpha value is -2.70. The lowest BCUT2D eigenvalue weighted by atomic mass is 10.0. The van der Waals surface area contributed by atoms with Crippen LogP contribution in [0.5, 0.6) is 0 Å². The van der Waals surface area contributed by atoms with Crippen molar-refractivity contribution in [3.63, 3.8) is 0 Å². The van der Waals surface area contributed by atoms with Crippen LogP contribution in [0.1, 0.15) is 24.2 Å². The van der Waals surface area contributed by atoms with Gasteiger partial charge in [-0.25, -0.2) is 4.98 Å². The fraction of sp³-hybridized carbons (Fsp3) is 0.333. The van der Waals surface area contributed by atoms with Gasteiger partial charge >= 0.3 is 0 Å². The number of carbonyl (C=O) groups excluding carboxylic acids is 1. The second kappa shape index (κ2) is 5.97. The van der Waals surface area contributed by atoms with Gasteiger partial charge in [-0.3, -0.25) is 4.79 Å². The van der Waals surface area contributed by atoms with Gasteiger partial charge in [-0.15, -0.1) is 0 Å². The normalized spacial score (nSPS) is 12.7. The molecule has 0 fully saturated rings. The Bertz CT molecular complexity index is 761. The Morgan fingerprint density at radius 3 is 2.82 bits per heavy atom. The fourth-order valence-corrected chi connectivity index (χ4v) is 2.27. The van der Waals surface area contributed by atoms with Gasteiger partial charge in [0.05, 0.1) is 42.3 Å². The number of benzene rings is 1. The van der Waals surface area contributed by atoms with Crippen LogP contribution < -0.4 is 5.32 Å². The third kappa shape index (κ3) is 2.98. The molecule has 7 heteroatoms. The summed E-state index contributed by atoms with van der Waals surface area (Å²) in [6.07, 6.45) is 4.88. The van der Waals surface area contributed by atoms with E-state index in [-0.39, 0.29) is 17.9 Å². The first-order valence-corrected chi connectivity index (χ1v) is 7.21. The molecule has 2 heterocycles. The van der Waals surface area contributed by atoms with E-state index >= 15 is 0 Å². The zero-order valence-electron chi connectivity index (χ0n) is 12.5. The van der Waals surface area contributed by atoms with E-state index in [1.807, 2.05) is 6.07 Å². The maximum Gasteiger partial charge on any atom is 0.251 e. The van der Waals surface area contributed by atoms with Crippen LogP contribution in [0.2, 0.25) is 0 Å². The van der Waals surface area contributed by atoms with Gasteiger partial charge in [0.25, 0.3) is 5.91 Å². The summed E-state index contributed by atoms with van der Waals surface area (Å²) in [7, 11) is 0. The van der Waals surface area contributed by atoms with Crippen molar-refractivity contribution < 1.29 is 4.79 Å². The summed E-state index contributed by atoms with van der Waals surface area (Å²) in [6, 6.07) is 5.38. The largest absolute Gasteiger partial charge is 0.347 e. The van der Waals surface area contributed by atoms with E-state index in [4.69, 9.17) is 0 Å². The first-order chi connectivity index (χ1) is 10.6. The molecule has 0 bridgehead atoms.